The van der Waals surface area contributed by atoms with Crippen LogP contribution in [0.5, 0.6) is 0 Å². The Balaban J connectivity index is 1.29. The van der Waals surface area contributed by atoms with Crippen molar-refractivity contribution in [1.82, 2.24) is 9.29 Å². The number of hydrogen-bond donors (Lipinski definition) is 0. The largest absolute Gasteiger partial charge is 0.436 e. The van der Waals surface area contributed by atoms with E-state index in [4.69, 9.17) is 4.42 Å². The van der Waals surface area contributed by atoms with Gasteiger partial charge in [0.1, 0.15) is 11.6 Å². The first-order chi connectivity index (χ1) is 19.4. The van der Waals surface area contributed by atoms with Crippen LogP contribution in [0.3, 0.4) is 0 Å². The second-order valence-corrected chi connectivity index (χ2v) is 11.4. The fourth-order valence-corrected chi connectivity index (χ4v) is 6.52. The lowest BCUT2D eigenvalue weighted by molar-refractivity contribution is -0.122. The summed E-state index contributed by atoms with van der Waals surface area (Å²) in [5, 5.41) is 0. The highest BCUT2D eigenvalue weighted by Crippen LogP contribution is 2.31. The van der Waals surface area contributed by atoms with Crippen LogP contribution in [-0.4, -0.2) is 42.1 Å². The maximum atomic E-state index is 13.7. The Hall–Kier alpha value is -4.60. The molecule has 0 saturated carbocycles. The Morgan fingerprint density at radius 1 is 0.825 bits per heavy atom. The highest BCUT2D eigenvalue weighted by Gasteiger charge is 2.46. The normalized spacial score (nSPS) is 15.8. The summed E-state index contributed by atoms with van der Waals surface area (Å²) in [6, 6.07) is 30.4. The number of aromatic nitrogens is 1. The van der Waals surface area contributed by atoms with Crippen molar-refractivity contribution >= 4 is 38.6 Å². The lowest BCUT2D eigenvalue weighted by atomic mass is 10.1. The van der Waals surface area contributed by atoms with Crippen molar-refractivity contribution in [3.05, 3.63) is 115 Å². The van der Waals surface area contributed by atoms with Gasteiger partial charge in [0, 0.05) is 12.1 Å². The number of oxazole rings is 1. The van der Waals surface area contributed by atoms with Crippen molar-refractivity contribution in [2.24, 2.45) is 0 Å². The molecule has 0 spiro atoms. The summed E-state index contributed by atoms with van der Waals surface area (Å²) in [6.45, 7) is 0.0510. The number of para-hydroxylation sites is 2. The number of hydrogen-bond acceptors (Lipinski definition) is 6. The average molecular weight is 552 g/mol. The van der Waals surface area contributed by atoms with E-state index in [1.54, 1.807) is 42.5 Å². The number of nitrogens with zero attached hydrogens (tertiary/aromatic N) is 3. The molecule has 1 aromatic heterocycles. The Kier molecular flexibility index (Phi) is 6.75. The van der Waals surface area contributed by atoms with Crippen molar-refractivity contribution in [3.63, 3.8) is 0 Å². The quantitative estimate of drug-likeness (QED) is 0.250. The van der Waals surface area contributed by atoms with Gasteiger partial charge in [0.05, 0.1) is 17.0 Å². The first kappa shape index (κ1) is 25.7. The molecule has 4 aromatic carbocycles. The van der Waals surface area contributed by atoms with Gasteiger partial charge in [0.25, 0.3) is 5.91 Å². The second kappa shape index (κ2) is 10.5. The molecule has 1 aliphatic rings. The zero-order valence-corrected chi connectivity index (χ0v) is 22.2. The molecule has 0 bridgehead atoms. The molecule has 0 radical (unpaired) electrons. The van der Waals surface area contributed by atoms with Gasteiger partial charge in [-0.25, -0.2) is 18.3 Å². The molecule has 1 fully saturated rings. The molecule has 9 heteroatoms. The summed E-state index contributed by atoms with van der Waals surface area (Å²) >= 11 is 0. The van der Waals surface area contributed by atoms with E-state index in [0.29, 0.717) is 29.1 Å². The fourth-order valence-electron chi connectivity index (χ4n) is 4.92. The summed E-state index contributed by atoms with van der Waals surface area (Å²) in [5.74, 6) is -0.615. The van der Waals surface area contributed by atoms with Gasteiger partial charge in [-0.3, -0.25) is 9.59 Å². The number of carbonyl (C=O) groups is 2. The van der Waals surface area contributed by atoms with Gasteiger partial charge in [0.2, 0.25) is 21.8 Å². The van der Waals surface area contributed by atoms with Crippen molar-refractivity contribution in [3.8, 4) is 11.5 Å². The number of fused-ring (bicyclic) bond motifs is 1. The Labute approximate surface area is 231 Å². The Morgan fingerprint density at radius 3 is 2.17 bits per heavy atom. The molecule has 0 aliphatic carbocycles. The molecule has 40 heavy (non-hydrogen) atoms. The van der Waals surface area contributed by atoms with Crippen LogP contribution in [0.15, 0.2) is 119 Å². The molecule has 0 N–H and O–H groups in total. The van der Waals surface area contributed by atoms with E-state index >= 15 is 0 Å². The van der Waals surface area contributed by atoms with Gasteiger partial charge >= 0.3 is 0 Å². The molecule has 8 nitrogen and oxygen atoms in total. The van der Waals surface area contributed by atoms with E-state index in [9.17, 15) is 18.0 Å². The topological polar surface area (TPSA) is 101 Å². The molecule has 1 unspecified atom stereocenters. The molecule has 1 saturated heterocycles. The monoisotopic (exact) mass is 551 g/mol. The third-order valence-electron chi connectivity index (χ3n) is 6.95. The smallest absolute Gasteiger partial charge is 0.252 e. The number of anilines is 1. The van der Waals surface area contributed by atoms with E-state index in [0.717, 1.165) is 16.0 Å². The van der Waals surface area contributed by atoms with Crippen LogP contribution in [-0.2, 0) is 26.0 Å². The SMILES string of the molecule is O=C1CC(N(CCc2ccccc2)S(=O)(=O)c2ccccc2)C(=O)N1c1ccc(-c2nc3ccccc3o2)cc1. The van der Waals surface area contributed by atoms with Crippen LogP contribution >= 0.6 is 0 Å². The first-order valence-corrected chi connectivity index (χ1v) is 14.3. The van der Waals surface area contributed by atoms with Crippen LogP contribution in [0, 0.1) is 0 Å². The number of imide groups is 1. The maximum Gasteiger partial charge on any atom is 0.252 e. The summed E-state index contributed by atoms with van der Waals surface area (Å²) in [5.41, 5.74) is 3.36. The summed E-state index contributed by atoms with van der Waals surface area (Å²) < 4.78 is 34.5. The summed E-state index contributed by atoms with van der Waals surface area (Å²) in [7, 11) is -4.06. The Morgan fingerprint density at radius 2 is 1.48 bits per heavy atom. The number of amides is 2. The minimum absolute atomic E-state index is 0.0510. The van der Waals surface area contributed by atoms with Crippen LogP contribution in [0.1, 0.15) is 12.0 Å². The molecule has 200 valence electrons. The molecule has 1 aliphatic heterocycles. The van der Waals surface area contributed by atoms with Crippen molar-refractivity contribution < 1.29 is 22.4 Å². The van der Waals surface area contributed by atoms with Gasteiger partial charge in [-0.2, -0.15) is 4.31 Å². The third kappa shape index (κ3) is 4.81. The van der Waals surface area contributed by atoms with Crippen LogP contribution in [0.4, 0.5) is 5.69 Å². The number of sulfonamides is 1. The summed E-state index contributed by atoms with van der Waals surface area (Å²) in [4.78, 5) is 32.5. The van der Waals surface area contributed by atoms with E-state index in [-0.39, 0.29) is 17.9 Å². The molecule has 6 rings (SSSR count). The van der Waals surface area contributed by atoms with Gasteiger partial charge in [-0.05, 0) is 60.5 Å². The number of benzene rings is 4. The molecule has 2 heterocycles. The Bertz CT molecular complexity index is 1750. The predicted molar refractivity (Wildman–Crippen MR) is 151 cm³/mol. The van der Waals surface area contributed by atoms with E-state index in [1.165, 1.54) is 16.4 Å². The van der Waals surface area contributed by atoms with E-state index < -0.39 is 27.9 Å². The molecule has 2 amide bonds. The predicted octanol–water partition coefficient (Wildman–Crippen LogP) is 5.06. The van der Waals surface area contributed by atoms with Gasteiger partial charge < -0.3 is 4.42 Å². The van der Waals surface area contributed by atoms with Crippen LogP contribution < -0.4 is 4.90 Å². The summed E-state index contributed by atoms with van der Waals surface area (Å²) in [6.07, 6.45) is 0.149. The lowest BCUT2D eigenvalue weighted by Gasteiger charge is -2.27. The van der Waals surface area contributed by atoms with Crippen LogP contribution in [0.25, 0.3) is 22.6 Å². The molecular weight excluding hydrogens is 526 g/mol. The van der Waals surface area contributed by atoms with E-state index in [2.05, 4.69) is 4.98 Å². The highest BCUT2D eigenvalue weighted by molar-refractivity contribution is 7.89. The highest BCUT2D eigenvalue weighted by atomic mass is 32.2. The second-order valence-electron chi connectivity index (χ2n) is 9.49. The van der Waals surface area contributed by atoms with E-state index in [1.807, 2.05) is 54.6 Å². The minimum atomic E-state index is -4.06. The molecule has 1 atom stereocenters. The zero-order chi connectivity index (χ0) is 27.7. The third-order valence-corrected chi connectivity index (χ3v) is 8.87. The van der Waals surface area contributed by atoms with Crippen LogP contribution in [0.2, 0.25) is 0 Å². The van der Waals surface area contributed by atoms with Crippen molar-refractivity contribution in [2.75, 3.05) is 11.4 Å². The van der Waals surface area contributed by atoms with Crippen molar-refractivity contribution in [2.45, 2.75) is 23.8 Å². The molecule has 5 aromatic rings. The van der Waals surface area contributed by atoms with Gasteiger partial charge in [-0.1, -0.05) is 60.7 Å². The number of carbonyl (C=O) groups excluding carboxylic acids is 2. The maximum absolute atomic E-state index is 13.7. The average Bonchev–Trinajstić information content (AvgIpc) is 3.54. The van der Waals surface area contributed by atoms with Gasteiger partial charge in [0.15, 0.2) is 5.58 Å². The van der Waals surface area contributed by atoms with Crippen molar-refractivity contribution in [1.29, 1.82) is 0 Å². The molecular formula is C31H25N3O5S. The van der Waals surface area contributed by atoms with Gasteiger partial charge in [-0.15, -0.1) is 0 Å². The minimum Gasteiger partial charge on any atom is -0.436 e. The standard InChI is InChI=1S/C31H25N3O5S/c35-29-21-27(33(20-19-22-9-3-1-4-10-22)40(37,38)25-11-5-2-6-12-25)31(36)34(29)24-17-15-23(16-18-24)30-32-26-13-7-8-14-28(26)39-30/h1-18,27H,19-21H2. The lowest BCUT2D eigenvalue weighted by Crippen LogP contribution is -2.46. The number of rotatable bonds is 8. The first-order valence-electron chi connectivity index (χ1n) is 12.9. The fraction of sp³-hybridized carbons (Fsp3) is 0.129. The zero-order valence-electron chi connectivity index (χ0n) is 21.4.